The molecule has 3 aromatic rings. The van der Waals surface area contributed by atoms with Crippen LogP contribution in [0.4, 0.5) is 5.82 Å². The van der Waals surface area contributed by atoms with Crippen molar-refractivity contribution in [2.75, 3.05) is 24.5 Å². The van der Waals surface area contributed by atoms with E-state index < -0.39 is 0 Å². The molecule has 1 amide bonds. The molecule has 0 aliphatic carbocycles. The normalized spacial score (nSPS) is 23.6. The summed E-state index contributed by atoms with van der Waals surface area (Å²) >= 11 is 0. The minimum atomic E-state index is 0.121. The summed E-state index contributed by atoms with van der Waals surface area (Å²) in [4.78, 5) is 30.6. The number of fused-ring (bicyclic) bond motifs is 2. The molecule has 6 nitrogen and oxygen atoms in total. The monoisotopic (exact) mass is 387 g/mol. The molecule has 0 spiro atoms. The lowest BCUT2D eigenvalue weighted by Crippen LogP contribution is -2.35. The Labute approximate surface area is 170 Å². The van der Waals surface area contributed by atoms with Crippen LogP contribution in [0.25, 0.3) is 11.0 Å². The number of aromatic nitrogens is 3. The van der Waals surface area contributed by atoms with Gasteiger partial charge in [0.1, 0.15) is 11.6 Å². The molecule has 2 aromatic heterocycles. The van der Waals surface area contributed by atoms with Crippen molar-refractivity contribution in [3.63, 3.8) is 0 Å². The van der Waals surface area contributed by atoms with Gasteiger partial charge in [0.15, 0.2) is 5.65 Å². The Morgan fingerprint density at radius 2 is 1.86 bits per heavy atom. The van der Waals surface area contributed by atoms with Gasteiger partial charge >= 0.3 is 0 Å². The van der Waals surface area contributed by atoms with Crippen molar-refractivity contribution < 1.29 is 4.79 Å². The molecule has 2 aliphatic heterocycles. The molecule has 4 heterocycles. The number of benzene rings is 1. The summed E-state index contributed by atoms with van der Waals surface area (Å²) in [7, 11) is 0. The number of hydrogen-bond acceptors (Lipinski definition) is 5. The topological polar surface area (TPSA) is 62.2 Å². The number of nitrogens with zero attached hydrogens (tertiary/aromatic N) is 5. The van der Waals surface area contributed by atoms with Gasteiger partial charge in [0, 0.05) is 44.6 Å². The first-order valence-electron chi connectivity index (χ1n) is 10.2. The summed E-state index contributed by atoms with van der Waals surface area (Å²) < 4.78 is 0. The maximum Gasteiger partial charge on any atom is 0.219 e. The Hall–Kier alpha value is -3.02. The van der Waals surface area contributed by atoms with Crippen LogP contribution >= 0.6 is 0 Å². The fourth-order valence-corrected chi connectivity index (χ4v) is 5.15. The molecule has 1 aromatic carbocycles. The smallest absolute Gasteiger partial charge is 0.219 e. The second-order valence-electron chi connectivity index (χ2n) is 8.27. The molecule has 0 radical (unpaired) electrons. The number of aryl methyl sites for hydroxylation is 2. The largest absolute Gasteiger partial charge is 0.355 e. The molecule has 0 unspecified atom stereocenters. The summed E-state index contributed by atoms with van der Waals surface area (Å²) in [6, 6.07) is 12.6. The van der Waals surface area contributed by atoms with Crippen molar-refractivity contribution >= 4 is 22.8 Å². The highest BCUT2D eigenvalue weighted by Crippen LogP contribution is 2.47. The van der Waals surface area contributed by atoms with Crippen LogP contribution in [0.1, 0.15) is 29.9 Å². The molecule has 3 atom stereocenters. The van der Waals surface area contributed by atoms with Crippen LogP contribution in [0.3, 0.4) is 0 Å². The van der Waals surface area contributed by atoms with Gasteiger partial charge in [0.05, 0.1) is 11.4 Å². The van der Waals surface area contributed by atoms with Crippen molar-refractivity contribution in [1.82, 2.24) is 19.9 Å². The molecule has 2 saturated heterocycles. The fourth-order valence-electron chi connectivity index (χ4n) is 5.15. The van der Waals surface area contributed by atoms with E-state index in [2.05, 4.69) is 51.0 Å². The fraction of sp³-hybridized carbons (Fsp3) is 0.391. The third-order valence-corrected chi connectivity index (χ3v) is 6.44. The number of carbonyl (C=O) groups excluding carboxylic acids is 1. The van der Waals surface area contributed by atoms with Crippen molar-refractivity contribution in [3.05, 3.63) is 59.5 Å². The number of hydrogen-bond donors (Lipinski definition) is 0. The number of pyridine rings is 1. The van der Waals surface area contributed by atoms with Crippen molar-refractivity contribution in [3.8, 4) is 0 Å². The average Bonchev–Trinajstić information content (AvgIpc) is 3.26. The van der Waals surface area contributed by atoms with Gasteiger partial charge in [0.25, 0.3) is 0 Å². The van der Waals surface area contributed by atoms with Crippen LogP contribution in [0.2, 0.25) is 0 Å². The van der Waals surface area contributed by atoms with Crippen LogP contribution in [0.5, 0.6) is 0 Å². The lowest BCUT2D eigenvalue weighted by atomic mass is 9.87. The van der Waals surface area contributed by atoms with E-state index in [-0.39, 0.29) is 11.9 Å². The average molecular weight is 387 g/mol. The van der Waals surface area contributed by atoms with Crippen molar-refractivity contribution in [2.45, 2.75) is 26.8 Å². The summed E-state index contributed by atoms with van der Waals surface area (Å²) in [5.74, 6) is 2.69. The lowest BCUT2D eigenvalue weighted by Gasteiger charge is -2.30. The van der Waals surface area contributed by atoms with Crippen molar-refractivity contribution in [2.24, 2.45) is 11.8 Å². The quantitative estimate of drug-likeness (QED) is 0.675. The Balaban J connectivity index is 1.53. The van der Waals surface area contributed by atoms with E-state index >= 15 is 0 Å². The van der Waals surface area contributed by atoms with Gasteiger partial charge in [-0.25, -0.2) is 15.0 Å². The highest BCUT2D eigenvalue weighted by molar-refractivity contribution is 5.87. The summed E-state index contributed by atoms with van der Waals surface area (Å²) in [6.45, 7) is 8.33. The van der Waals surface area contributed by atoms with Crippen LogP contribution < -0.4 is 4.90 Å². The highest BCUT2D eigenvalue weighted by Gasteiger charge is 2.49. The summed E-state index contributed by atoms with van der Waals surface area (Å²) in [5.41, 5.74) is 3.26. The molecule has 148 valence electrons. The molecule has 0 bridgehead atoms. The molecule has 0 N–H and O–H groups in total. The minimum Gasteiger partial charge on any atom is -0.355 e. The van der Waals surface area contributed by atoms with Gasteiger partial charge in [-0.05, 0) is 37.1 Å². The molecule has 6 heteroatoms. The van der Waals surface area contributed by atoms with E-state index in [1.165, 1.54) is 11.1 Å². The Kier molecular flexibility index (Phi) is 4.23. The van der Waals surface area contributed by atoms with Crippen LogP contribution in [0.15, 0.2) is 42.6 Å². The van der Waals surface area contributed by atoms with Crippen molar-refractivity contribution in [1.29, 1.82) is 0 Å². The number of rotatable bonds is 2. The van der Waals surface area contributed by atoms with Gasteiger partial charge in [-0.2, -0.15) is 0 Å². The van der Waals surface area contributed by atoms with E-state index in [0.717, 1.165) is 42.3 Å². The molecule has 0 saturated carbocycles. The molecular formula is C23H25N5O. The van der Waals surface area contributed by atoms with Crippen LogP contribution in [-0.2, 0) is 4.79 Å². The second-order valence-corrected chi connectivity index (χ2v) is 8.27. The standard InChI is InChI=1S/C23H25N5O/c1-14-7-4-5-8-18(14)21-20-13-27(11-17(20)12-28(21)16(3)29)23-19-9-6-10-24-22(19)25-15(2)26-23/h4-10,17,20-21H,11-13H2,1-3H3/t17-,20-,21+/m1/s1. The molecular weight excluding hydrogens is 362 g/mol. The third-order valence-electron chi connectivity index (χ3n) is 6.44. The van der Waals surface area contributed by atoms with Gasteiger partial charge in [-0.3, -0.25) is 4.79 Å². The Bertz CT molecular complexity index is 1100. The minimum absolute atomic E-state index is 0.121. The first kappa shape index (κ1) is 18.0. The molecule has 2 fully saturated rings. The summed E-state index contributed by atoms with van der Waals surface area (Å²) in [6.07, 6.45) is 1.77. The second kappa shape index (κ2) is 6.79. The van der Waals surface area contributed by atoms with Gasteiger partial charge in [0.2, 0.25) is 5.91 Å². The van der Waals surface area contributed by atoms with E-state index in [4.69, 9.17) is 4.98 Å². The molecule has 29 heavy (non-hydrogen) atoms. The first-order valence-corrected chi connectivity index (χ1v) is 10.2. The zero-order valence-corrected chi connectivity index (χ0v) is 17.0. The van der Waals surface area contributed by atoms with Gasteiger partial charge in [-0.15, -0.1) is 0 Å². The van der Waals surface area contributed by atoms with E-state index in [9.17, 15) is 4.79 Å². The number of anilines is 1. The first-order chi connectivity index (χ1) is 14.0. The predicted octanol–water partition coefficient (Wildman–Crippen LogP) is 3.30. The van der Waals surface area contributed by atoms with Crippen LogP contribution in [0, 0.1) is 25.7 Å². The van der Waals surface area contributed by atoms with E-state index in [1.54, 1.807) is 13.1 Å². The number of carbonyl (C=O) groups is 1. The van der Waals surface area contributed by atoms with Crippen LogP contribution in [-0.4, -0.2) is 45.4 Å². The maximum atomic E-state index is 12.4. The lowest BCUT2D eigenvalue weighted by molar-refractivity contribution is -0.130. The molecule has 2 aliphatic rings. The Morgan fingerprint density at radius 3 is 2.66 bits per heavy atom. The maximum absolute atomic E-state index is 12.4. The summed E-state index contributed by atoms with van der Waals surface area (Å²) in [5, 5.41) is 0.994. The highest BCUT2D eigenvalue weighted by atomic mass is 16.2. The van der Waals surface area contributed by atoms with Gasteiger partial charge in [-0.1, -0.05) is 24.3 Å². The zero-order valence-electron chi connectivity index (χ0n) is 17.0. The predicted molar refractivity (Wildman–Crippen MR) is 113 cm³/mol. The van der Waals surface area contributed by atoms with E-state index in [1.807, 2.05) is 19.1 Å². The van der Waals surface area contributed by atoms with E-state index in [0.29, 0.717) is 11.8 Å². The Morgan fingerprint density at radius 1 is 1.03 bits per heavy atom. The SMILES string of the molecule is CC(=O)N1C[C@H]2CN(c3nc(C)nc4ncccc34)C[C@H]2[C@@H]1c1ccccc1C. The zero-order chi connectivity index (χ0) is 20.1. The number of likely N-dealkylation sites (tertiary alicyclic amines) is 1. The number of amides is 1. The van der Waals surface area contributed by atoms with Gasteiger partial charge < -0.3 is 9.80 Å². The molecule has 5 rings (SSSR count). The third kappa shape index (κ3) is 2.94.